The highest BCUT2D eigenvalue weighted by atomic mass is 35.5. The fraction of sp³-hybridized carbons (Fsp3) is 0.476. The van der Waals surface area contributed by atoms with Gasteiger partial charge >= 0.3 is 0 Å². The van der Waals surface area contributed by atoms with Crippen LogP contribution in [0.2, 0.25) is 10.0 Å². The van der Waals surface area contributed by atoms with E-state index < -0.39 is 0 Å². The standard InChI is InChI=1S/C21H24Cl2FN5O/c1-13-19(24)20(26-12-25-13)28-6-2-4-17(11-28)29-7-3-5-18(21(29)30)27-16-9-14(22)8-15(23)10-16/h8-10,12,17-18,27H,2-7,11H2,1H3/t17-,18?/m1/s1. The van der Waals surface area contributed by atoms with Crippen molar-refractivity contribution in [2.24, 2.45) is 0 Å². The first-order valence-corrected chi connectivity index (χ1v) is 10.9. The van der Waals surface area contributed by atoms with Crippen molar-refractivity contribution in [1.29, 1.82) is 0 Å². The summed E-state index contributed by atoms with van der Waals surface area (Å²) in [7, 11) is 0. The number of nitrogens with zero attached hydrogens (tertiary/aromatic N) is 4. The van der Waals surface area contributed by atoms with Gasteiger partial charge in [0.15, 0.2) is 11.6 Å². The zero-order valence-corrected chi connectivity index (χ0v) is 18.3. The molecule has 2 atom stereocenters. The summed E-state index contributed by atoms with van der Waals surface area (Å²) in [4.78, 5) is 25.2. The highest BCUT2D eigenvalue weighted by Gasteiger charge is 2.36. The molecule has 2 aliphatic rings. The third kappa shape index (κ3) is 4.47. The Kier molecular flexibility index (Phi) is 6.29. The molecule has 6 nitrogen and oxygen atoms in total. The van der Waals surface area contributed by atoms with Crippen LogP contribution in [-0.2, 0) is 4.79 Å². The van der Waals surface area contributed by atoms with E-state index in [9.17, 15) is 9.18 Å². The van der Waals surface area contributed by atoms with Gasteiger partial charge in [-0.1, -0.05) is 23.2 Å². The van der Waals surface area contributed by atoms with Crippen molar-refractivity contribution in [3.05, 3.63) is 46.1 Å². The molecule has 1 unspecified atom stereocenters. The van der Waals surface area contributed by atoms with E-state index in [1.54, 1.807) is 25.1 Å². The molecule has 1 amide bonds. The molecule has 160 valence electrons. The lowest BCUT2D eigenvalue weighted by Crippen LogP contribution is -2.56. The summed E-state index contributed by atoms with van der Waals surface area (Å²) < 4.78 is 14.5. The van der Waals surface area contributed by atoms with Crippen LogP contribution >= 0.6 is 23.2 Å². The Balaban J connectivity index is 1.47. The van der Waals surface area contributed by atoms with Gasteiger partial charge in [-0.15, -0.1) is 0 Å². The molecule has 0 saturated carbocycles. The minimum absolute atomic E-state index is 0.0217. The number of amides is 1. The number of piperidine rings is 2. The van der Waals surface area contributed by atoms with E-state index in [1.165, 1.54) is 6.33 Å². The first-order chi connectivity index (χ1) is 14.4. The molecule has 2 aromatic rings. The normalized spacial score (nSPS) is 22.3. The minimum Gasteiger partial charge on any atom is -0.374 e. The van der Waals surface area contributed by atoms with Crippen molar-refractivity contribution in [2.45, 2.75) is 44.7 Å². The van der Waals surface area contributed by atoms with Crippen LogP contribution in [0.25, 0.3) is 0 Å². The number of carbonyl (C=O) groups excluding carboxylic acids is 1. The SMILES string of the molecule is Cc1ncnc(N2CCC[C@@H](N3CCCC(Nc4cc(Cl)cc(Cl)c4)C3=O)C2)c1F. The molecule has 0 radical (unpaired) electrons. The summed E-state index contributed by atoms with van der Waals surface area (Å²) in [6, 6.07) is 4.88. The average molecular weight is 452 g/mol. The van der Waals surface area contributed by atoms with Gasteiger partial charge in [-0.2, -0.15) is 0 Å². The van der Waals surface area contributed by atoms with Crippen molar-refractivity contribution in [1.82, 2.24) is 14.9 Å². The number of carbonyl (C=O) groups is 1. The Labute approximate surface area is 185 Å². The van der Waals surface area contributed by atoms with Gasteiger partial charge in [-0.3, -0.25) is 4.79 Å². The van der Waals surface area contributed by atoms with Crippen LogP contribution in [0.3, 0.4) is 0 Å². The lowest BCUT2D eigenvalue weighted by atomic mass is 9.97. The molecule has 2 saturated heterocycles. The largest absolute Gasteiger partial charge is 0.374 e. The van der Waals surface area contributed by atoms with E-state index in [-0.39, 0.29) is 23.8 Å². The molecular weight excluding hydrogens is 428 g/mol. The van der Waals surface area contributed by atoms with Crippen LogP contribution in [0.5, 0.6) is 0 Å². The molecule has 3 heterocycles. The molecule has 2 aliphatic heterocycles. The fourth-order valence-electron chi connectivity index (χ4n) is 4.30. The number of rotatable bonds is 4. The molecule has 0 spiro atoms. The summed E-state index contributed by atoms with van der Waals surface area (Å²) in [6.45, 7) is 3.62. The summed E-state index contributed by atoms with van der Waals surface area (Å²) in [5.74, 6) is -0.0102. The third-order valence-corrected chi connectivity index (χ3v) is 6.20. The number of likely N-dealkylation sites (tertiary alicyclic amines) is 1. The molecule has 1 aromatic heterocycles. The Morgan fingerprint density at radius 2 is 1.83 bits per heavy atom. The smallest absolute Gasteiger partial charge is 0.245 e. The second kappa shape index (κ2) is 8.94. The first kappa shape index (κ1) is 21.1. The first-order valence-electron chi connectivity index (χ1n) is 10.2. The van der Waals surface area contributed by atoms with E-state index in [0.717, 1.165) is 31.4 Å². The highest BCUT2D eigenvalue weighted by Crippen LogP contribution is 2.28. The van der Waals surface area contributed by atoms with E-state index in [4.69, 9.17) is 23.2 Å². The van der Waals surface area contributed by atoms with Crippen LogP contribution in [0, 0.1) is 12.7 Å². The maximum Gasteiger partial charge on any atom is 0.245 e. The average Bonchev–Trinajstić information content (AvgIpc) is 2.71. The molecule has 30 heavy (non-hydrogen) atoms. The van der Waals surface area contributed by atoms with Gasteiger partial charge in [0.05, 0.1) is 5.69 Å². The lowest BCUT2D eigenvalue weighted by Gasteiger charge is -2.43. The number of hydrogen-bond donors (Lipinski definition) is 1. The number of aromatic nitrogens is 2. The van der Waals surface area contributed by atoms with Crippen LogP contribution in [0.1, 0.15) is 31.4 Å². The van der Waals surface area contributed by atoms with E-state index in [1.807, 2.05) is 9.80 Å². The number of benzene rings is 1. The predicted molar refractivity (Wildman–Crippen MR) is 117 cm³/mol. The Hall–Kier alpha value is -2.12. The van der Waals surface area contributed by atoms with E-state index >= 15 is 0 Å². The van der Waals surface area contributed by atoms with Crippen LogP contribution < -0.4 is 10.2 Å². The van der Waals surface area contributed by atoms with Crippen molar-refractivity contribution in [3.8, 4) is 0 Å². The minimum atomic E-state index is -0.388. The fourth-order valence-corrected chi connectivity index (χ4v) is 4.83. The quantitative estimate of drug-likeness (QED) is 0.750. The van der Waals surface area contributed by atoms with Crippen molar-refractivity contribution in [2.75, 3.05) is 29.9 Å². The second-order valence-electron chi connectivity index (χ2n) is 7.87. The Morgan fingerprint density at radius 1 is 1.10 bits per heavy atom. The van der Waals surface area contributed by atoms with Gasteiger partial charge in [0.2, 0.25) is 5.91 Å². The van der Waals surface area contributed by atoms with Crippen LogP contribution in [-0.4, -0.2) is 52.5 Å². The lowest BCUT2D eigenvalue weighted by molar-refractivity contribution is -0.137. The van der Waals surface area contributed by atoms with Gasteiger partial charge < -0.3 is 15.1 Å². The topological polar surface area (TPSA) is 61.4 Å². The number of anilines is 2. The zero-order valence-electron chi connectivity index (χ0n) is 16.7. The Morgan fingerprint density at radius 3 is 2.60 bits per heavy atom. The molecule has 1 aromatic carbocycles. The van der Waals surface area contributed by atoms with Gasteiger partial charge in [-0.05, 0) is 50.8 Å². The maximum atomic E-state index is 14.5. The molecule has 4 rings (SSSR count). The van der Waals surface area contributed by atoms with E-state index in [2.05, 4.69) is 15.3 Å². The van der Waals surface area contributed by atoms with Gasteiger partial charge in [0, 0.05) is 41.4 Å². The van der Waals surface area contributed by atoms with E-state index in [0.29, 0.717) is 41.2 Å². The molecular formula is C21H24Cl2FN5O. The highest BCUT2D eigenvalue weighted by molar-refractivity contribution is 6.35. The van der Waals surface area contributed by atoms with Gasteiger partial charge in [0.25, 0.3) is 0 Å². The zero-order chi connectivity index (χ0) is 21.3. The van der Waals surface area contributed by atoms with Crippen LogP contribution in [0.15, 0.2) is 24.5 Å². The summed E-state index contributed by atoms with van der Waals surface area (Å²) in [6.07, 6.45) is 4.80. The number of aryl methyl sites for hydroxylation is 1. The second-order valence-corrected chi connectivity index (χ2v) is 8.74. The number of nitrogens with one attached hydrogen (secondary N) is 1. The summed E-state index contributed by atoms with van der Waals surface area (Å²) in [5.41, 5.74) is 1.07. The monoisotopic (exact) mass is 451 g/mol. The number of halogens is 3. The van der Waals surface area contributed by atoms with Crippen molar-refractivity contribution < 1.29 is 9.18 Å². The maximum absolute atomic E-state index is 14.5. The summed E-state index contributed by atoms with van der Waals surface area (Å²) in [5, 5.41) is 4.33. The van der Waals surface area contributed by atoms with Crippen molar-refractivity contribution >= 4 is 40.6 Å². The Bertz CT molecular complexity index is 923. The molecule has 0 aliphatic carbocycles. The van der Waals surface area contributed by atoms with Gasteiger partial charge in [-0.25, -0.2) is 14.4 Å². The summed E-state index contributed by atoms with van der Waals surface area (Å²) >= 11 is 12.2. The molecule has 1 N–H and O–H groups in total. The van der Waals surface area contributed by atoms with Crippen LogP contribution in [0.4, 0.5) is 15.9 Å². The van der Waals surface area contributed by atoms with Gasteiger partial charge in [0.1, 0.15) is 12.4 Å². The molecule has 9 heteroatoms. The molecule has 0 bridgehead atoms. The third-order valence-electron chi connectivity index (χ3n) is 5.76. The molecule has 2 fully saturated rings. The van der Waals surface area contributed by atoms with Crippen molar-refractivity contribution in [3.63, 3.8) is 0 Å². The predicted octanol–water partition coefficient (Wildman–Crippen LogP) is 4.30. The number of hydrogen-bond acceptors (Lipinski definition) is 5.